The minimum Gasteiger partial charge on any atom is -0.441 e. The fourth-order valence-electron chi connectivity index (χ4n) is 2.91. The average molecular weight is 391 g/mol. The number of amides is 2. The lowest BCUT2D eigenvalue weighted by Gasteiger charge is -2.10. The van der Waals surface area contributed by atoms with Crippen LogP contribution in [0.2, 0.25) is 0 Å². The van der Waals surface area contributed by atoms with E-state index in [0.29, 0.717) is 18.1 Å². The highest BCUT2D eigenvalue weighted by Gasteiger charge is 2.11. The summed E-state index contributed by atoms with van der Waals surface area (Å²) in [6.07, 6.45) is 3.06. The maximum atomic E-state index is 12.1. The molecule has 0 aliphatic heterocycles. The van der Waals surface area contributed by atoms with E-state index in [1.807, 2.05) is 62.4 Å². The number of benzene rings is 2. The highest BCUT2D eigenvalue weighted by molar-refractivity contribution is 5.95. The van der Waals surface area contributed by atoms with Crippen LogP contribution in [-0.4, -0.2) is 23.3 Å². The van der Waals surface area contributed by atoms with Crippen LogP contribution in [0.1, 0.15) is 30.4 Å². The molecule has 150 valence electrons. The zero-order chi connectivity index (χ0) is 20.6. The van der Waals surface area contributed by atoms with E-state index in [1.165, 1.54) is 5.56 Å². The number of carbonyl (C=O) groups is 2. The van der Waals surface area contributed by atoms with Crippen molar-refractivity contribution in [3.63, 3.8) is 0 Å². The third-order valence-corrected chi connectivity index (χ3v) is 4.57. The van der Waals surface area contributed by atoms with Crippen molar-refractivity contribution in [3.8, 4) is 11.3 Å². The van der Waals surface area contributed by atoms with E-state index in [9.17, 15) is 9.59 Å². The van der Waals surface area contributed by atoms with Crippen molar-refractivity contribution >= 4 is 17.5 Å². The normalized spacial score (nSPS) is 10.6. The van der Waals surface area contributed by atoms with Crippen LogP contribution in [0.25, 0.3) is 11.3 Å². The molecule has 0 aliphatic carbocycles. The summed E-state index contributed by atoms with van der Waals surface area (Å²) in [5.74, 6) is 0.697. The standard InChI is InChI=1S/C23H25N3O3/c1-3-17-6-4-5-7-19(17)26-22(28)15-24-21(27)12-13-23-25-14-20(29-23)18-10-8-16(2)9-11-18/h4-11,14H,3,12-13,15H2,1-2H3,(H,24,27)(H,26,28). The number of para-hydroxylation sites is 1. The van der Waals surface area contributed by atoms with E-state index in [2.05, 4.69) is 15.6 Å². The number of aromatic nitrogens is 1. The first-order valence-corrected chi connectivity index (χ1v) is 9.71. The molecule has 0 aliphatic rings. The Morgan fingerprint density at radius 1 is 1.03 bits per heavy atom. The molecule has 0 unspecified atom stereocenters. The van der Waals surface area contributed by atoms with Crippen LogP contribution in [0.3, 0.4) is 0 Å². The first-order valence-electron chi connectivity index (χ1n) is 9.71. The second kappa shape index (κ2) is 9.68. The maximum Gasteiger partial charge on any atom is 0.243 e. The summed E-state index contributed by atoms with van der Waals surface area (Å²) in [5.41, 5.74) is 3.95. The van der Waals surface area contributed by atoms with Gasteiger partial charge in [0.1, 0.15) is 0 Å². The number of rotatable bonds is 8. The fraction of sp³-hybridized carbons (Fsp3) is 0.261. The molecule has 3 aromatic rings. The zero-order valence-corrected chi connectivity index (χ0v) is 16.7. The predicted molar refractivity (Wildman–Crippen MR) is 112 cm³/mol. The lowest BCUT2D eigenvalue weighted by atomic mass is 10.1. The van der Waals surface area contributed by atoms with Crippen LogP contribution < -0.4 is 10.6 Å². The highest BCUT2D eigenvalue weighted by Crippen LogP contribution is 2.21. The molecule has 0 bridgehead atoms. The molecular weight excluding hydrogens is 366 g/mol. The van der Waals surface area contributed by atoms with Crippen LogP contribution in [0.15, 0.2) is 59.1 Å². The summed E-state index contributed by atoms with van der Waals surface area (Å²) in [6, 6.07) is 15.6. The third kappa shape index (κ3) is 5.78. The summed E-state index contributed by atoms with van der Waals surface area (Å²) in [5, 5.41) is 5.47. The Bertz CT molecular complexity index is 977. The average Bonchev–Trinajstić information content (AvgIpc) is 3.21. The molecule has 1 aromatic heterocycles. The molecule has 2 aromatic carbocycles. The minimum absolute atomic E-state index is 0.0723. The van der Waals surface area contributed by atoms with E-state index in [0.717, 1.165) is 23.2 Å². The van der Waals surface area contributed by atoms with E-state index >= 15 is 0 Å². The number of nitrogens with one attached hydrogen (secondary N) is 2. The Balaban J connectivity index is 1.44. The Morgan fingerprint density at radius 3 is 2.55 bits per heavy atom. The van der Waals surface area contributed by atoms with Gasteiger partial charge in [0.2, 0.25) is 11.8 Å². The van der Waals surface area contributed by atoms with Crippen LogP contribution in [0.5, 0.6) is 0 Å². The minimum atomic E-state index is -0.253. The zero-order valence-electron chi connectivity index (χ0n) is 16.7. The molecular formula is C23H25N3O3. The van der Waals surface area contributed by atoms with Gasteiger partial charge < -0.3 is 15.1 Å². The smallest absolute Gasteiger partial charge is 0.243 e. The van der Waals surface area contributed by atoms with E-state index in [1.54, 1.807) is 6.20 Å². The monoisotopic (exact) mass is 391 g/mol. The maximum absolute atomic E-state index is 12.1. The SMILES string of the molecule is CCc1ccccc1NC(=O)CNC(=O)CCc1ncc(-c2ccc(C)cc2)o1. The Hall–Kier alpha value is -3.41. The summed E-state index contributed by atoms with van der Waals surface area (Å²) < 4.78 is 5.72. The Labute approximate surface area is 170 Å². The van der Waals surface area contributed by atoms with Crippen molar-refractivity contribution in [1.82, 2.24) is 10.3 Å². The quantitative estimate of drug-likeness (QED) is 0.610. The molecule has 0 fully saturated rings. The number of nitrogens with zero attached hydrogens (tertiary/aromatic N) is 1. The Kier molecular flexibility index (Phi) is 6.79. The van der Waals surface area contributed by atoms with Crippen molar-refractivity contribution in [1.29, 1.82) is 0 Å². The van der Waals surface area contributed by atoms with Gasteiger partial charge in [0.15, 0.2) is 11.7 Å². The molecule has 2 N–H and O–H groups in total. The third-order valence-electron chi connectivity index (χ3n) is 4.57. The van der Waals surface area contributed by atoms with Gasteiger partial charge in [-0.15, -0.1) is 0 Å². The molecule has 0 saturated heterocycles. The molecule has 29 heavy (non-hydrogen) atoms. The van der Waals surface area contributed by atoms with Gasteiger partial charge in [-0.2, -0.15) is 0 Å². The molecule has 3 rings (SSSR count). The number of hydrogen-bond donors (Lipinski definition) is 2. The van der Waals surface area contributed by atoms with Crippen molar-refractivity contribution < 1.29 is 14.0 Å². The number of carbonyl (C=O) groups excluding carboxylic acids is 2. The van der Waals surface area contributed by atoms with Crippen LogP contribution in [0.4, 0.5) is 5.69 Å². The van der Waals surface area contributed by atoms with Gasteiger partial charge in [-0.05, 0) is 25.0 Å². The van der Waals surface area contributed by atoms with Gasteiger partial charge in [0.25, 0.3) is 0 Å². The summed E-state index contributed by atoms with van der Waals surface area (Å²) in [7, 11) is 0. The molecule has 6 nitrogen and oxygen atoms in total. The second-order valence-corrected chi connectivity index (χ2v) is 6.82. The van der Waals surface area contributed by atoms with E-state index < -0.39 is 0 Å². The van der Waals surface area contributed by atoms with Gasteiger partial charge in [-0.3, -0.25) is 9.59 Å². The van der Waals surface area contributed by atoms with E-state index in [-0.39, 0.29) is 24.8 Å². The molecule has 0 radical (unpaired) electrons. The number of hydrogen-bond acceptors (Lipinski definition) is 4. The lowest BCUT2D eigenvalue weighted by molar-refractivity contribution is -0.124. The molecule has 0 atom stereocenters. The fourth-order valence-corrected chi connectivity index (χ4v) is 2.91. The van der Waals surface area contributed by atoms with Gasteiger partial charge >= 0.3 is 0 Å². The van der Waals surface area contributed by atoms with Gasteiger partial charge in [0.05, 0.1) is 12.7 Å². The first-order chi connectivity index (χ1) is 14.0. The van der Waals surface area contributed by atoms with Gasteiger partial charge in [0, 0.05) is 24.1 Å². The Morgan fingerprint density at radius 2 is 1.79 bits per heavy atom. The lowest BCUT2D eigenvalue weighted by Crippen LogP contribution is -2.33. The van der Waals surface area contributed by atoms with Crippen molar-refractivity contribution in [2.24, 2.45) is 0 Å². The van der Waals surface area contributed by atoms with Crippen LogP contribution in [0, 0.1) is 6.92 Å². The second-order valence-electron chi connectivity index (χ2n) is 6.82. The highest BCUT2D eigenvalue weighted by atomic mass is 16.4. The van der Waals surface area contributed by atoms with Crippen LogP contribution in [-0.2, 0) is 22.4 Å². The summed E-state index contributed by atoms with van der Waals surface area (Å²) >= 11 is 0. The number of aryl methyl sites for hydroxylation is 3. The largest absolute Gasteiger partial charge is 0.441 e. The predicted octanol–water partition coefficient (Wildman–Crippen LogP) is 3.90. The molecule has 6 heteroatoms. The van der Waals surface area contributed by atoms with E-state index in [4.69, 9.17) is 4.42 Å². The van der Waals surface area contributed by atoms with Crippen molar-refractivity contribution in [2.45, 2.75) is 33.1 Å². The van der Waals surface area contributed by atoms with Crippen LogP contribution >= 0.6 is 0 Å². The van der Waals surface area contributed by atoms with Gasteiger partial charge in [-0.25, -0.2) is 4.98 Å². The number of anilines is 1. The molecule has 0 spiro atoms. The van der Waals surface area contributed by atoms with Crippen molar-refractivity contribution in [3.05, 3.63) is 71.7 Å². The topological polar surface area (TPSA) is 84.2 Å². The molecule has 0 saturated carbocycles. The number of oxazole rings is 1. The van der Waals surface area contributed by atoms with Crippen molar-refractivity contribution in [2.75, 3.05) is 11.9 Å². The molecule has 1 heterocycles. The first kappa shape index (κ1) is 20.3. The summed E-state index contributed by atoms with van der Waals surface area (Å²) in [4.78, 5) is 28.4. The molecule has 2 amide bonds. The van der Waals surface area contributed by atoms with Gasteiger partial charge in [-0.1, -0.05) is 55.0 Å². The summed E-state index contributed by atoms with van der Waals surface area (Å²) in [6.45, 7) is 3.98.